The molecule has 0 saturated carbocycles. The van der Waals surface area contributed by atoms with Gasteiger partial charge < -0.3 is 5.32 Å². The molecule has 0 aromatic heterocycles. The van der Waals surface area contributed by atoms with Crippen molar-refractivity contribution >= 4 is 11.6 Å². The highest BCUT2D eigenvalue weighted by molar-refractivity contribution is 5.90. The Morgan fingerprint density at radius 1 is 1.33 bits per heavy atom. The summed E-state index contributed by atoms with van der Waals surface area (Å²) < 4.78 is 0. The first-order valence-corrected chi connectivity index (χ1v) is 6.17. The Balaban J connectivity index is 2.73. The van der Waals surface area contributed by atoms with E-state index in [-0.39, 0.29) is 5.91 Å². The summed E-state index contributed by atoms with van der Waals surface area (Å²) in [5.74, 6) is 0.374. The lowest BCUT2D eigenvalue weighted by atomic mass is 9.86. The van der Waals surface area contributed by atoms with Crippen LogP contribution in [0.1, 0.15) is 39.7 Å². The Hall–Kier alpha value is -1.82. The van der Waals surface area contributed by atoms with Crippen molar-refractivity contribution in [1.29, 1.82) is 5.26 Å². The molecule has 0 aliphatic rings. The van der Waals surface area contributed by atoms with Crippen molar-refractivity contribution in [2.45, 2.75) is 39.5 Å². The maximum atomic E-state index is 11.6. The first-order chi connectivity index (χ1) is 8.35. The molecule has 0 unspecified atom stereocenters. The number of amides is 1. The zero-order valence-corrected chi connectivity index (χ0v) is 11.4. The zero-order chi connectivity index (χ0) is 13.8. The highest BCUT2D eigenvalue weighted by atomic mass is 16.1. The van der Waals surface area contributed by atoms with Crippen LogP contribution < -0.4 is 5.32 Å². The third-order valence-electron chi connectivity index (χ3n) is 2.76. The van der Waals surface area contributed by atoms with Crippen LogP contribution in [0.2, 0.25) is 0 Å². The quantitative estimate of drug-likeness (QED) is 0.881. The monoisotopic (exact) mass is 244 g/mol. The smallest absolute Gasteiger partial charge is 0.224 e. The molecule has 0 aliphatic heterocycles. The van der Waals surface area contributed by atoms with Gasteiger partial charge in [-0.1, -0.05) is 26.0 Å². The van der Waals surface area contributed by atoms with Gasteiger partial charge in [0, 0.05) is 12.1 Å². The van der Waals surface area contributed by atoms with Gasteiger partial charge in [-0.2, -0.15) is 5.26 Å². The molecular formula is C15H20N2O. The SMILES string of the molecule is CC(C)CC(=O)Nc1ccc(C(C)(C)C#N)cc1. The van der Waals surface area contributed by atoms with Crippen LogP contribution in [-0.2, 0) is 10.2 Å². The fraction of sp³-hybridized carbons (Fsp3) is 0.467. The first-order valence-electron chi connectivity index (χ1n) is 6.17. The van der Waals surface area contributed by atoms with Crippen molar-refractivity contribution in [2.75, 3.05) is 5.32 Å². The summed E-state index contributed by atoms with van der Waals surface area (Å²) in [5.41, 5.74) is 1.23. The number of anilines is 1. The van der Waals surface area contributed by atoms with Crippen molar-refractivity contribution < 1.29 is 4.79 Å². The molecule has 0 bridgehead atoms. The molecule has 0 fully saturated rings. The molecule has 1 aromatic carbocycles. The summed E-state index contributed by atoms with van der Waals surface area (Å²) in [6.07, 6.45) is 0.519. The summed E-state index contributed by atoms with van der Waals surface area (Å²) in [5, 5.41) is 11.9. The van der Waals surface area contributed by atoms with E-state index in [0.29, 0.717) is 12.3 Å². The number of carbonyl (C=O) groups excluding carboxylic acids is 1. The molecule has 3 nitrogen and oxygen atoms in total. The molecule has 1 amide bonds. The van der Waals surface area contributed by atoms with Gasteiger partial charge in [0.05, 0.1) is 11.5 Å². The van der Waals surface area contributed by atoms with Gasteiger partial charge in [-0.05, 0) is 37.5 Å². The molecule has 18 heavy (non-hydrogen) atoms. The lowest BCUT2D eigenvalue weighted by molar-refractivity contribution is -0.116. The first kappa shape index (κ1) is 14.2. The van der Waals surface area contributed by atoms with Crippen LogP contribution in [0.4, 0.5) is 5.69 Å². The lowest BCUT2D eigenvalue weighted by Crippen LogP contribution is -2.15. The maximum absolute atomic E-state index is 11.6. The Kier molecular flexibility index (Phi) is 4.49. The van der Waals surface area contributed by atoms with Gasteiger partial charge in [0.25, 0.3) is 0 Å². The zero-order valence-electron chi connectivity index (χ0n) is 11.4. The second-order valence-corrected chi connectivity index (χ2v) is 5.46. The van der Waals surface area contributed by atoms with E-state index in [1.807, 2.05) is 52.0 Å². The van der Waals surface area contributed by atoms with E-state index in [1.165, 1.54) is 0 Å². The van der Waals surface area contributed by atoms with Crippen LogP contribution in [0, 0.1) is 17.2 Å². The fourth-order valence-corrected chi connectivity index (χ4v) is 1.62. The number of carbonyl (C=O) groups is 1. The van der Waals surface area contributed by atoms with Gasteiger partial charge in [0.2, 0.25) is 5.91 Å². The van der Waals surface area contributed by atoms with Crippen molar-refractivity contribution in [3.63, 3.8) is 0 Å². The Bertz CT molecular complexity index is 452. The number of hydrogen-bond acceptors (Lipinski definition) is 2. The molecule has 0 atom stereocenters. The Morgan fingerprint density at radius 3 is 2.33 bits per heavy atom. The minimum Gasteiger partial charge on any atom is -0.326 e. The van der Waals surface area contributed by atoms with Crippen molar-refractivity contribution in [2.24, 2.45) is 5.92 Å². The average molecular weight is 244 g/mol. The van der Waals surface area contributed by atoms with Crippen LogP contribution in [0.5, 0.6) is 0 Å². The maximum Gasteiger partial charge on any atom is 0.224 e. The summed E-state index contributed by atoms with van der Waals surface area (Å²) in [4.78, 5) is 11.6. The third kappa shape index (κ3) is 3.89. The van der Waals surface area contributed by atoms with Crippen LogP contribution in [0.25, 0.3) is 0 Å². The molecule has 1 rings (SSSR count). The third-order valence-corrected chi connectivity index (χ3v) is 2.76. The predicted molar refractivity (Wildman–Crippen MR) is 73.2 cm³/mol. The summed E-state index contributed by atoms with van der Waals surface area (Å²) in [7, 11) is 0. The van der Waals surface area contributed by atoms with E-state index in [1.54, 1.807) is 0 Å². The highest BCUT2D eigenvalue weighted by Crippen LogP contribution is 2.23. The molecule has 0 heterocycles. The molecule has 0 saturated heterocycles. The van der Waals surface area contributed by atoms with E-state index in [9.17, 15) is 4.79 Å². The predicted octanol–water partition coefficient (Wildman–Crippen LogP) is 3.47. The fourth-order valence-electron chi connectivity index (χ4n) is 1.62. The Labute approximate surface area is 109 Å². The van der Waals surface area contributed by atoms with Gasteiger partial charge in [-0.3, -0.25) is 4.79 Å². The molecule has 3 heteroatoms. The van der Waals surface area contributed by atoms with E-state index in [2.05, 4.69) is 11.4 Å². The van der Waals surface area contributed by atoms with Crippen LogP contribution in [0.15, 0.2) is 24.3 Å². The topological polar surface area (TPSA) is 52.9 Å². The normalized spacial score (nSPS) is 11.1. The minimum atomic E-state index is -0.500. The second-order valence-electron chi connectivity index (χ2n) is 5.46. The number of nitriles is 1. The molecular weight excluding hydrogens is 224 g/mol. The molecule has 0 aliphatic carbocycles. The van der Waals surface area contributed by atoms with Crippen LogP contribution >= 0.6 is 0 Å². The molecule has 0 radical (unpaired) electrons. The highest BCUT2D eigenvalue weighted by Gasteiger charge is 2.19. The number of rotatable bonds is 4. The largest absolute Gasteiger partial charge is 0.326 e. The van der Waals surface area contributed by atoms with E-state index in [0.717, 1.165) is 11.3 Å². The summed E-state index contributed by atoms with van der Waals surface area (Å²) in [6, 6.07) is 9.70. The van der Waals surface area contributed by atoms with E-state index >= 15 is 0 Å². The van der Waals surface area contributed by atoms with Crippen molar-refractivity contribution in [1.82, 2.24) is 0 Å². The van der Waals surface area contributed by atoms with Gasteiger partial charge in [-0.15, -0.1) is 0 Å². The van der Waals surface area contributed by atoms with Crippen molar-refractivity contribution in [3.05, 3.63) is 29.8 Å². The van der Waals surface area contributed by atoms with Crippen LogP contribution in [0.3, 0.4) is 0 Å². The number of hydrogen-bond donors (Lipinski definition) is 1. The summed E-state index contributed by atoms with van der Waals surface area (Å²) >= 11 is 0. The average Bonchev–Trinajstić information content (AvgIpc) is 2.28. The number of benzene rings is 1. The van der Waals surface area contributed by atoms with Gasteiger partial charge in [0.1, 0.15) is 0 Å². The molecule has 96 valence electrons. The number of nitrogens with zero attached hydrogens (tertiary/aromatic N) is 1. The lowest BCUT2D eigenvalue weighted by Gasteiger charge is -2.16. The Morgan fingerprint density at radius 2 is 1.89 bits per heavy atom. The standard InChI is InChI=1S/C15H20N2O/c1-11(2)9-14(18)17-13-7-5-12(6-8-13)15(3,4)10-16/h5-8,11H,9H2,1-4H3,(H,17,18). The van der Waals surface area contributed by atoms with Gasteiger partial charge in [-0.25, -0.2) is 0 Å². The van der Waals surface area contributed by atoms with Gasteiger partial charge in [0.15, 0.2) is 0 Å². The van der Waals surface area contributed by atoms with Gasteiger partial charge >= 0.3 is 0 Å². The summed E-state index contributed by atoms with van der Waals surface area (Å²) in [6.45, 7) is 7.77. The second kappa shape index (κ2) is 5.68. The number of nitrogens with one attached hydrogen (secondary N) is 1. The van der Waals surface area contributed by atoms with Crippen LogP contribution in [-0.4, -0.2) is 5.91 Å². The minimum absolute atomic E-state index is 0.0253. The van der Waals surface area contributed by atoms with E-state index in [4.69, 9.17) is 5.26 Å². The molecule has 1 aromatic rings. The van der Waals surface area contributed by atoms with E-state index < -0.39 is 5.41 Å². The molecule has 0 spiro atoms. The van der Waals surface area contributed by atoms with Crippen molar-refractivity contribution in [3.8, 4) is 6.07 Å². The molecule has 1 N–H and O–H groups in total.